The van der Waals surface area contributed by atoms with Gasteiger partial charge in [0.25, 0.3) is 0 Å². The van der Waals surface area contributed by atoms with Gasteiger partial charge in [-0.15, -0.1) is 0 Å². The summed E-state index contributed by atoms with van der Waals surface area (Å²) >= 11 is 0. The molecule has 1 aromatic heterocycles. The number of nitrogens with zero attached hydrogens (tertiary/aromatic N) is 4. The van der Waals surface area contributed by atoms with Crippen molar-refractivity contribution in [3.8, 4) is 0 Å². The number of carbonyl (C=O) groups is 1. The fourth-order valence-corrected chi connectivity index (χ4v) is 4.17. The summed E-state index contributed by atoms with van der Waals surface area (Å²) in [5, 5.41) is 7.49. The van der Waals surface area contributed by atoms with Gasteiger partial charge >= 0.3 is 6.03 Å². The first-order valence-electron chi connectivity index (χ1n) is 9.55. The van der Waals surface area contributed by atoms with Crippen LogP contribution in [-0.4, -0.2) is 57.8 Å². The molecule has 2 unspecified atom stereocenters. The Morgan fingerprint density at radius 1 is 1.25 bits per heavy atom. The Morgan fingerprint density at radius 2 is 2.04 bits per heavy atom. The van der Waals surface area contributed by atoms with Crippen molar-refractivity contribution < 1.29 is 4.79 Å². The van der Waals surface area contributed by atoms with Crippen LogP contribution in [0.25, 0.3) is 0 Å². The number of anilines is 1. The quantitative estimate of drug-likeness (QED) is 0.902. The molecule has 0 aromatic carbocycles. The average Bonchev–Trinajstić information content (AvgIpc) is 2.97. The van der Waals surface area contributed by atoms with E-state index in [-0.39, 0.29) is 6.03 Å². The topological polar surface area (TPSA) is 53.4 Å². The van der Waals surface area contributed by atoms with Gasteiger partial charge in [0.2, 0.25) is 0 Å². The molecule has 1 N–H and O–H groups in total. The molecule has 1 saturated carbocycles. The lowest BCUT2D eigenvalue weighted by molar-refractivity contribution is 0.186. The summed E-state index contributed by atoms with van der Waals surface area (Å²) in [5.74, 6) is 0.761. The average molecular weight is 331 g/mol. The van der Waals surface area contributed by atoms with Gasteiger partial charge in [0, 0.05) is 25.3 Å². The largest absolute Gasteiger partial charge is 0.322 e. The molecule has 1 aromatic rings. The molecular formula is C18H29N5O. The first-order chi connectivity index (χ1) is 11.7. The second-order valence-corrected chi connectivity index (χ2v) is 7.71. The second kappa shape index (κ2) is 6.75. The maximum Gasteiger partial charge on any atom is 0.322 e. The second-order valence-electron chi connectivity index (χ2n) is 7.71. The number of urea groups is 1. The first-order valence-corrected chi connectivity index (χ1v) is 9.55. The first kappa shape index (κ1) is 15.9. The zero-order chi connectivity index (χ0) is 16.5. The van der Waals surface area contributed by atoms with Crippen molar-refractivity contribution in [3.05, 3.63) is 12.4 Å². The predicted molar refractivity (Wildman–Crippen MR) is 94.1 cm³/mol. The normalized spacial score (nSPS) is 26.0. The van der Waals surface area contributed by atoms with E-state index in [1.165, 1.54) is 38.8 Å². The van der Waals surface area contributed by atoms with Crippen molar-refractivity contribution in [2.45, 2.75) is 57.5 Å². The number of rotatable bonds is 5. The van der Waals surface area contributed by atoms with Gasteiger partial charge in [-0.1, -0.05) is 0 Å². The summed E-state index contributed by atoms with van der Waals surface area (Å²) < 4.78 is 2.00. The van der Waals surface area contributed by atoms with E-state index < -0.39 is 0 Å². The Balaban J connectivity index is 1.34. The highest BCUT2D eigenvalue weighted by Gasteiger charge is 2.32. The third kappa shape index (κ3) is 3.43. The third-order valence-corrected chi connectivity index (χ3v) is 5.88. The van der Waals surface area contributed by atoms with E-state index in [0.717, 1.165) is 37.5 Å². The van der Waals surface area contributed by atoms with E-state index >= 15 is 0 Å². The minimum Gasteiger partial charge on any atom is -0.320 e. The monoisotopic (exact) mass is 331 g/mol. The molecule has 2 atom stereocenters. The zero-order valence-electron chi connectivity index (χ0n) is 14.7. The Bertz CT molecular complexity index is 576. The van der Waals surface area contributed by atoms with Gasteiger partial charge in [0.15, 0.2) is 0 Å². The minimum absolute atomic E-state index is 0.0373. The van der Waals surface area contributed by atoms with Crippen LogP contribution in [0.2, 0.25) is 0 Å². The van der Waals surface area contributed by atoms with Gasteiger partial charge in [-0.3, -0.25) is 4.68 Å². The highest BCUT2D eigenvalue weighted by atomic mass is 16.2. The molecule has 0 radical (unpaired) electrons. The molecule has 2 amide bonds. The van der Waals surface area contributed by atoms with Crippen LogP contribution in [0.4, 0.5) is 10.5 Å². The van der Waals surface area contributed by atoms with Gasteiger partial charge in [0.05, 0.1) is 17.9 Å². The molecule has 4 rings (SSSR count). The molecule has 0 spiro atoms. The Morgan fingerprint density at radius 3 is 2.79 bits per heavy atom. The molecule has 3 aliphatic rings. The van der Waals surface area contributed by atoms with Crippen LogP contribution in [0, 0.1) is 5.92 Å². The Hall–Kier alpha value is -1.56. The third-order valence-electron chi connectivity index (χ3n) is 5.88. The molecule has 24 heavy (non-hydrogen) atoms. The smallest absolute Gasteiger partial charge is 0.320 e. The van der Waals surface area contributed by atoms with E-state index in [4.69, 9.17) is 0 Å². The van der Waals surface area contributed by atoms with Gasteiger partial charge in [0.1, 0.15) is 0 Å². The van der Waals surface area contributed by atoms with Crippen LogP contribution in [-0.2, 0) is 0 Å². The number of carbonyl (C=O) groups excluding carboxylic acids is 1. The van der Waals surface area contributed by atoms with E-state index in [2.05, 4.69) is 22.2 Å². The molecule has 3 heterocycles. The van der Waals surface area contributed by atoms with Crippen molar-refractivity contribution in [1.29, 1.82) is 0 Å². The molecule has 132 valence electrons. The Kier molecular flexibility index (Phi) is 4.48. The van der Waals surface area contributed by atoms with Crippen molar-refractivity contribution in [1.82, 2.24) is 19.6 Å². The van der Waals surface area contributed by atoms with Crippen LogP contribution in [0.15, 0.2) is 12.4 Å². The van der Waals surface area contributed by atoms with E-state index in [9.17, 15) is 4.79 Å². The highest BCUT2D eigenvalue weighted by Crippen LogP contribution is 2.39. The van der Waals surface area contributed by atoms with Crippen LogP contribution in [0.1, 0.15) is 51.5 Å². The fraction of sp³-hybridized carbons (Fsp3) is 0.778. The molecule has 6 nitrogen and oxygen atoms in total. The highest BCUT2D eigenvalue weighted by molar-refractivity contribution is 5.89. The number of aromatic nitrogens is 2. The summed E-state index contributed by atoms with van der Waals surface area (Å²) in [5.41, 5.74) is 0.819. The van der Waals surface area contributed by atoms with Crippen LogP contribution in [0.3, 0.4) is 0 Å². The van der Waals surface area contributed by atoms with Gasteiger partial charge in [-0.05, 0) is 64.5 Å². The van der Waals surface area contributed by atoms with Gasteiger partial charge < -0.3 is 15.1 Å². The molecule has 3 fully saturated rings. The number of hydrogen-bond donors (Lipinski definition) is 1. The van der Waals surface area contributed by atoms with Crippen LogP contribution in [0.5, 0.6) is 0 Å². The summed E-state index contributed by atoms with van der Waals surface area (Å²) in [4.78, 5) is 17.2. The zero-order valence-corrected chi connectivity index (χ0v) is 14.7. The van der Waals surface area contributed by atoms with Crippen molar-refractivity contribution in [2.75, 3.05) is 31.5 Å². The summed E-state index contributed by atoms with van der Waals surface area (Å²) in [7, 11) is 0. The molecule has 0 bridgehead atoms. The maximum absolute atomic E-state index is 12.7. The summed E-state index contributed by atoms with van der Waals surface area (Å²) in [6, 6.07) is 0.837. The predicted octanol–water partition coefficient (Wildman–Crippen LogP) is 2.95. The number of likely N-dealkylation sites (tertiary alicyclic amines) is 2. The lowest BCUT2D eigenvalue weighted by Gasteiger charge is -2.28. The Labute approximate surface area is 144 Å². The summed E-state index contributed by atoms with van der Waals surface area (Å²) in [6.07, 6.45) is 11.2. The SMILES string of the molecule is CC(C1CC1)n1cc(NC(=O)N2CCCC2CN2CCCC2)cn1. The van der Waals surface area contributed by atoms with Crippen LogP contribution < -0.4 is 5.32 Å². The lowest BCUT2D eigenvalue weighted by atomic mass is 10.2. The number of amides is 2. The fourth-order valence-electron chi connectivity index (χ4n) is 4.17. The van der Waals surface area contributed by atoms with Crippen molar-refractivity contribution in [3.63, 3.8) is 0 Å². The maximum atomic E-state index is 12.7. The van der Waals surface area contributed by atoms with Crippen molar-refractivity contribution >= 4 is 11.7 Å². The minimum atomic E-state index is 0.0373. The van der Waals surface area contributed by atoms with Crippen LogP contribution >= 0.6 is 0 Å². The molecule has 2 saturated heterocycles. The van der Waals surface area contributed by atoms with Crippen molar-refractivity contribution in [2.24, 2.45) is 5.92 Å². The number of nitrogens with one attached hydrogen (secondary N) is 1. The van der Waals surface area contributed by atoms with E-state index in [1.54, 1.807) is 6.20 Å². The molecule has 1 aliphatic carbocycles. The standard InChI is InChI=1S/C18H29N5O/c1-14(15-6-7-15)23-12-16(11-19-23)20-18(24)22-10-4-5-17(22)13-21-8-2-3-9-21/h11-12,14-15,17H,2-10,13H2,1H3,(H,20,24). The molecule has 2 aliphatic heterocycles. The number of hydrogen-bond acceptors (Lipinski definition) is 3. The lowest BCUT2D eigenvalue weighted by Crippen LogP contribution is -2.44. The van der Waals surface area contributed by atoms with Gasteiger partial charge in [-0.2, -0.15) is 5.10 Å². The molecule has 6 heteroatoms. The van der Waals surface area contributed by atoms with E-state index in [1.807, 2.05) is 15.8 Å². The summed E-state index contributed by atoms with van der Waals surface area (Å²) in [6.45, 7) is 6.50. The van der Waals surface area contributed by atoms with E-state index in [0.29, 0.717) is 12.1 Å². The van der Waals surface area contributed by atoms with Gasteiger partial charge in [-0.25, -0.2) is 4.79 Å². The molecular weight excluding hydrogens is 302 g/mol.